The van der Waals surface area contributed by atoms with Crippen LogP contribution in [-0.2, 0) is 0 Å². The molecule has 0 atom stereocenters. The van der Waals surface area contributed by atoms with Crippen LogP contribution in [0.15, 0.2) is 133 Å². The molecule has 0 spiro atoms. The minimum atomic E-state index is -2.95. The Morgan fingerprint density at radius 1 is 0.511 bits per heavy atom. The van der Waals surface area contributed by atoms with Gasteiger partial charge in [0.1, 0.15) is 22.5 Å². The monoisotopic (exact) mass is 601 g/mol. The average molecular weight is 602 g/mol. The second-order valence-corrected chi connectivity index (χ2v) is 12.4. The van der Waals surface area contributed by atoms with E-state index in [4.69, 9.17) is 21.3 Å². The van der Waals surface area contributed by atoms with Crippen LogP contribution in [0.3, 0.4) is 0 Å². The first-order valence-electron chi connectivity index (χ1n) is 14.9. The zero-order chi connectivity index (χ0) is 30.3. The molecule has 3 aromatic heterocycles. The lowest BCUT2D eigenvalue weighted by Crippen LogP contribution is -2.37. The Kier molecular flexibility index (Phi) is 6.83. The molecule has 0 radical (unpaired) electrons. The van der Waals surface area contributed by atoms with Crippen LogP contribution in [0.2, 0.25) is 0 Å². The van der Waals surface area contributed by atoms with Gasteiger partial charge in [-0.3, -0.25) is 0 Å². The van der Waals surface area contributed by atoms with Crippen LogP contribution < -0.4 is 11.4 Å². The zero-order valence-electron chi connectivity index (χ0n) is 24.8. The third-order valence-electron chi connectivity index (χ3n) is 7.98. The normalized spacial score (nSPS) is 11.3. The molecule has 45 heavy (non-hydrogen) atoms. The summed E-state index contributed by atoms with van der Waals surface area (Å²) in [6.07, 6.45) is 0. The number of hydrogen-bond donors (Lipinski definition) is 0. The van der Waals surface area contributed by atoms with E-state index in [1.807, 2.05) is 74.5 Å². The van der Waals surface area contributed by atoms with Gasteiger partial charge in [0, 0.05) is 44.7 Å². The van der Waals surface area contributed by atoms with Gasteiger partial charge in [-0.25, -0.2) is 9.97 Å². The van der Waals surface area contributed by atoms with Crippen molar-refractivity contribution in [2.75, 3.05) is 0 Å². The first-order chi connectivity index (χ1) is 22.1. The van der Waals surface area contributed by atoms with E-state index >= 15 is 0 Å². The van der Waals surface area contributed by atoms with Gasteiger partial charge < -0.3 is 15.9 Å². The molecule has 0 amide bonds. The fourth-order valence-electron chi connectivity index (χ4n) is 5.89. The van der Waals surface area contributed by atoms with Crippen molar-refractivity contribution in [3.63, 3.8) is 0 Å². The summed E-state index contributed by atoms with van der Waals surface area (Å²) in [5, 5.41) is 4.30. The summed E-state index contributed by atoms with van der Waals surface area (Å²) in [6.45, 7) is 3.95. The van der Waals surface area contributed by atoms with Gasteiger partial charge in [-0.05, 0) is 68.4 Å². The molecule has 0 saturated heterocycles. The molecule has 0 N–H and O–H groups in total. The molecule has 0 fully saturated rings. The maximum Gasteiger partial charge on any atom is 1.20 e. The van der Waals surface area contributed by atoms with Crippen LogP contribution in [0, 0.1) is 13.8 Å². The first-order valence-corrected chi connectivity index (χ1v) is 16.3. The number of para-hydroxylation sites is 4. The molecule has 7 heteroatoms. The van der Waals surface area contributed by atoms with Crippen LogP contribution in [0.5, 0.6) is 17.2 Å². The van der Waals surface area contributed by atoms with E-state index in [1.54, 1.807) is 0 Å². The summed E-state index contributed by atoms with van der Waals surface area (Å²) in [5.41, 5.74) is 6.61. The van der Waals surface area contributed by atoms with E-state index in [1.165, 1.54) is 5.39 Å². The molecule has 3 heterocycles. The first kappa shape index (κ1) is 27.2. The second kappa shape index (κ2) is 11.3. The number of aryl methyl sites for hydroxylation is 2. The minimum Gasteiger partial charge on any atom is -0.577 e. The Balaban J connectivity index is 1.25. The summed E-state index contributed by atoms with van der Waals surface area (Å²) < 4.78 is 22.3. The van der Waals surface area contributed by atoms with Crippen molar-refractivity contribution in [3.8, 4) is 22.9 Å². The van der Waals surface area contributed by atoms with Crippen molar-refractivity contribution in [1.82, 2.24) is 14.5 Å². The minimum absolute atomic E-state index is 0.622. The van der Waals surface area contributed by atoms with Gasteiger partial charge >= 0.3 is 15.1 Å². The maximum atomic E-state index is 6.70. The van der Waals surface area contributed by atoms with Crippen LogP contribution in [0.25, 0.3) is 49.3 Å². The van der Waals surface area contributed by atoms with Crippen LogP contribution in [0.1, 0.15) is 11.4 Å². The third-order valence-corrected chi connectivity index (χ3v) is 9.34. The van der Waals surface area contributed by atoms with E-state index < -0.39 is 15.1 Å². The largest absolute Gasteiger partial charge is 1.20 e. The third kappa shape index (κ3) is 5.13. The van der Waals surface area contributed by atoms with Crippen LogP contribution >= 0.6 is 0 Å². The molecular weight excluding hydrogens is 573 g/mol. The maximum absolute atomic E-state index is 6.70. The highest BCUT2D eigenvalue weighted by Crippen LogP contribution is 2.35. The van der Waals surface area contributed by atoms with Gasteiger partial charge in [-0.2, -0.15) is 0 Å². The molecule has 0 aliphatic heterocycles. The number of fused-ring (bicyclic) bond motifs is 5. The highest BCUT2D eigenvalue weighted by atomic mass is 27.3. The van der Waals surface area contributed by atoms with Crippen molar-refractivity contribution in [1.29, 1.82) is 0 Å². The smallest absolute Gasteiger partial charge is 0.577 e. The summed E-state index contributed by atoms with van der Waals surface area (Å²) >= 11 is -2.95. The Morgan fingerprint density at radius 3 is 1.78 bits per heavy atom. The van der Waals surface area contributed by atoms with Gasteiger partial charge in [-0.1, -0.05) is 72.8 Å². The average Bonchev–Trinajstić information content (AvgIpc) is 3.39. The fraction of sp³-hybridized carbons (Fsp3) is 0.0526. The molecule has 0 bridgehead atoms. The summed E-state index contributed by atoms with van der Waals surface area (Å²) in [7, 11) is 0. The van der Waals surface area contributed by atoms with Gasteiger partial charge in [0.2, 0.25) is 0 Å². The fourth-order valence-corrected chi connectivity index (χ4v) is 7.20. The van der Waals surface area contributed by atoms with E-state index in [-0.39, 0.29) is 0 Å². The molecular formula is C38H28AlN3O3. The predicted octanol–water partition coefficient (Wildman–Crippen LogP) is 9.02. The quantitative estimate of drug-likeness (QED) is 0.171. The lowest BCUT2D eigenvalue weighted by Gasteiger charge is -2.18. The van der Waals surface area contributed by atoms with E-state index in [0.29, 0.717) is 17.2 Å². The molecule has 0 unspecified atom stereocenters. The van der Waals surface area contributed by atoms with Crippen LogP contribution in [-0.4, -0.2) is 29.7 Å². The Hall–Kier alpha value is -5.35. The molecule has 216 valence electrons. The lowest BCUT2D eigenvalue weighted by molar-refractivity contribution is 0.310. The van der Waals surface area contributed by atoms with E-state index in [2.05, 4.69) is 77.4 Å². The Labute approximate surface area is 265 Å². The highest BCUT2D eigenvalue weighted by Gasteiger charge is 2.45. The molecule has 6 nitrogen and oxygen atoms in total. The number of hydrogen-bond acceptors (Lipinski definition) is 5. The number of nitrogens with zero attached hydrogens (tertiary/aromatic N) is 3. The lowest BCUT2D eigenvalue weighted by atomic mass is 10.1. The highest BCUT2D eigenvalue weighted by molar-refractivity contribution is 6.40. The van der Waals surface area contributed by atoms with E-state index in [9.17, 15) is 0 Å². The van der Waals surface area contributed by atoms with Crippen LogP contribution in [0.4, 0.5) is 0 Å². The number of benzene rings is 5. The number of aromatic nitrogens is 3. The summed E-state index contributed by atoms with van der Waals surface area (Å²) in [6, 6.07) is 45.0. The van der Waals surface area contributed by atoms with Crippen molar-refractivity contribution in [3.05, 3.63) is 145 Å². The number of pyridine rings is 2. The Morgan fingerprint density at radius 2 is 1.11 bits per heavy atom. The number of rotatable bonds is 7. The topological polar surface area (TPSA) is 58.4 Å². The Bertz CT molecular complexity index is 2270. The molecule has 0 saturated carbocycles. The second-order valence-electron chi connectivity index (χ2n) is 11.1. The van der Waals surface area contributed by atoms with Crippen molar-refractivity contribution in [2.24, 2.45) is 0 Å². The molecule has 0 aliphatic rings. The predicted molar refractivity (Wildman–Crippen MR) is 181 cm³/mol. The molecule has 0 aliphatic carbocycles. The van der Waals surface area contributed by atoms with Gasteiger partial charge in [0.25, 0.3) is 0 Å². The summed E-state index contributed by atoms with van der Waals surface area (Å²) in [4.78, 5) is 9.57. The van der Waals surface area contributed by atoms with Crippen molar-refractivity contribution >= 4 is 58.8 Å². The molecule has 8 rings (SSSR count). The summed E-state index contributed by atoms with van der Waals surface area (Å²) in [5.74, 6) is 1.90. The zero-order valence-corrected chi connectivity index (χ0v) is 26.0. The molecule has 5 aromatic carbocycles. The van der Waals surface area contributed by atoms with Gasteiger partial charge in [-0.15, -0.1) is 0 Å². The standard InChI is InChI=1S/C18H13NO.2C10H9NO.Al/c20-14-10-11-16-15-8-4-5-9-17(15)19(18(16)12-14)13-6-2-1-3-7-13;2*1-7-5-6-8-3-2-4-9(12)10(8)11-7;/h1-12,20H;2*2-6,12H,1H3;/q;;;+3/p-3. The molecule has 8 aromatic rings. The van der Waals surface area contributed by atoms with E-state index in [0.717, 1.165) is 55.3 Å². The van der Waals surface area contributed by atoms with Gasteiger partial charge in [0.15, 0.2) is 0 Å². The van der Waals surface area contributed by atoms with Crippen molar-refractivity contribution in [2.45, 2.75) is 13.8 Å². The van der Waals surface area contributed by atoms with Crippen molar-refractivity contribution < 1.29 is 11.4 Å². The SMILES string of the molecule is Cc1ccc2cccc([O][Al]([O]c3ccc4c5ccccc5n(-c5ccccc5)c4c3)[O]c3cccc4ccc(C)nc34)c2n1. The van der Waals surface area contributed by atoms with Gasteiger partial charge in [0.05, 0.1) is 16.8 Å².